The molecule has 0 heterocycles. The van der Waals surface area contributed by atoms with Crippen LogP contribution in [0.5, 0.6) is 0 Å². The molecular formula is C8H12N2S. The highest BCUT2D eigenvalue weighted by atomic mass is 32.2. The number of nitrogens with one attached hydrogen (secondary N) is 1. The summed E-state index contributed by atoms with van der Waals surface area (Å²) in [7, 11) is 0. The molecule has 0 atom stereocenters. The van der Waals surface area contributed by atoms with E-state index in [0.717, 1.165) is 18.7 Å². The summed E-state index contributed by atoms with van der Waals surface area (Å²) in [5.41, 5.74) is 2.55. The highest BCUT2D eigenvalue weighted by Gasteiger charge is 1.90. The van der Waals surface area contributed by atoms with Crippen molar-refractivity contribution in [2.75, 3.05) is 0 Å². The maximum absolute atomic E-state index is 5.22. The minimum absolute atomic E-state index is 0.822. The zero-order valence-electron chi connectivity index (χ0n) is 6.50. The van der Waals surface area contributed by atoms with E-state index >= 15 is 0 Å². The lowest BCUT2D eigenvalue weighted by atomic mass is 10.1. The fourth-order valence-corrected chi connectivity index (χ4v) is 1.20. The Bertz CT molecular complexity index is 225. The lowest BCUT2D eigenvalue weighted by molar-refractivity contribution is 0.975. The topological polar surface area (TPSA) is 38.0 Å². The third-order valence-corrected chi connectivity index (χ3v) is 1.75. The van der Waals surface area contributed by atoms with E-state index in [1.54, 1.807) is 0 Å². The second-order valence-electron chi connectivity index (χ2n) is 2.43. The van der Waals surface area contributed by atoms with Gasteiger partial charge in [0.15, 0.2) is 0 Å². The van der Waals surface area contributed by atoms with Crippen LogP contribution in [0.15, 0.2) is 24.3 Å². The van der Waals surface area contributed by atoms with Crippen molar-refractivity contribution in [1.29, 1.82) is 0 Å². The molecule has 0 aliphatic heterocycles. The molecule has 3 N–H and O–H groups in total. The van der Waals surface area contributed by atoms with Gasteiger partial charge in [0.1, 0.15) is 0 Å². The van der Waals surface area contributed by atoms with Crippen LogP contribution in [0.1, 0.15) is 11.1 Å². The average Bonchev–Trinajstić information content (AvgIpc) is 2.01. The molecule has 0 radical (unpaired) electrons. The molecule has 0 unspecified atom stereocenters. The van der Waals surface area contributed by atoms with E-state index in [2.05, 4.69) is 29.8 Å². The van der Waals surface area contributed by atoms with Crippen molar-refractivity contribution in [3.8, 4) is 0 Å². The van der Waals surface area contributed by atoms with E-state index < -0.39 is 0 Å². The van der Waals surface area contributed by atoms with Gasteiger partial charge in [-0.2, -0.15) is 0 Å². The molecule has 1 aromatic rings. The molecule has 11 heavy (non-hydrogen) atoms. The predicted molar refractivity (Wildman–Crippen MR) is 49.8 cm³/mol. The van der Waals surface area contributed by atoms with Crippen molar-refractivity contribution in [3.63, 3.8) is 0 Å². The Kier molecular flexibility index (Phi) is 3.42. The van der Waals surface area contributed by atoms with E-state index in [1.807, 2.05) is 6.07 Å². The fourth-order valence-electron chi connectivity index (χ4n) is 0.947. The Morgan fingerprint density at radius 2 is 2.36 bits per heavy atom. The highest BCUT2D eigenvalue weighted by Crippen LogP contribution is 2.03. The van der Waals surface area contributed by atoms with Gasteiger partial charge in [-0.15, -0.1) is 0 Å². The molecule has 0 bridgehead atoms. The van der Waals surface area contributed by atoms with Crippen LogP contribution < -0.4 is 9.86 Å². The van der Waals surface area contributed by atoms with Crippen molar-refractivity contribution in [3.05, 3.63) is 35.4 Å². The summed E-state index contributed by atoms with van der Waals surface area (Å²) >= 11 is 1.15. The number of hydrogen-bond donors (Lipinski definition) is 2. The molecule has 1 rings (SSSR count). The first-order chi connectivity index (χ1) is 5.33. The normalized spacial score (nSPS) is 10.0. The largest absolute Gasteiger partial charge is 0.264 e. The summed E-state index contributed by atoms with van der Waals surface area (Å²) in [6.45, 7) is 2.90. The first-order valence-corrected chi connectivity index (χ1v) is 4.35. The molecule has 0 aromatic heterocycles. The van der Waals surface area contributed by atoms with Crippen molar-refractivity contribution in [2.45, 2.75) is 13.5 Å². The molecule has 60 valence electrons. The SMILES string of the molecule is Cc1cccc(CNSN)c1. The second kappa shape index (κ2) is 4.38. The van der Waals surface area contributed by atoms with Gasteiger partial charge in [-0.1, -0.05) is 29.8 Å². The third kappa shape index (κ3) is 2.93. The molecule has 0 amide bonds. The minimum atomic E-state index is 0.822. The predicted octanol–water partition coefficient (Wildman–Crippen LogP) is 1.61. The Hall–Kier alpha value is -0.510. The number of aryl methyl sites for hydroxylation is 1. The summed E-state index contributed by atoms with van der Waals surface area (Å²) in [6.07, 6.45) is 0. The number of benzene rings is 1. The molecule has 1 aromatic carbocycles. The first-order valence-electron chi connectivity index (χ1n) is 3.47. The summed E-state index contributed by atoms with van der Waals surface area (Å²) < 4.78 is 2.99. The zero-order chi connectivity index (χ0) is 8.10. The molecule has 2 nitrogen and oxygen atoms in total. The van der Waals surface area contributed by atoms with Crippen LogP contribution in [0.25, 0.3) is 0 Å². The van der Waals surface area contributed by atoms with Crippen molar-refractivity contribution >= 4 is 12.1 Å². The maximum atomic E-state index is 5.22. The monoisotopic (exact) mass is 168 g/mol. The van der Waals surface area contributed by atoms with Crippen molar-refractivity contribution < 1.29 is 0 Å². The van der Waals surface area contributed by atoms with Gasteiger partial charge in [0.25, 0.3) is 0 Å². The van der Waals surface area contributed by atoms with Crippen molar-refractivity contribution in [1.82, 2.24) is 4.72 Å². The molecular weight excluding hydrogens is 156 g/mol. The lowest BCUT2D eigenvalue weighted by Crippen LogP contribution is -2.05. The van der Waals surface area contributed by atoms with Gasteiger partial charge in [0.05, 0.1) is 0 Å². The summed E-state index contributed by atoms with van der Waals surface area (Å²) in [5, 5.41) is 5.22. The maximum Gasteiger partial charge on any atom is 0.0321 e. The Morgan fingerprint density at radius 3 is 3.00 bits per heavy atom. The smallest absolute Gasteiger partial charge is 0.0321 e. The Labute approximate surface area is 71.4 Å². The summed E-state index contributed by atoms with van der Waals surface area (Å²) in [6, 6.07) is 8.35. The van der Waals surface area contributed by atoms with Gasteiger partial charge in [-0.25, -0.2) is 4.72 Å². The van der Waals surface area contributed by atoms with Gasteiger partial charge >= 0.3 is 0 Å². The quantitative estimate of drug-likeness (QED) is 0.673. The highest BCUT2D eigenvalue weighted by molar-refractivity contribution is 7.95. The molecule has 0 spiro atoms. The van der Waals surface area contributed by atoms with Gasteiger partial charge in [-0.05, 0) is 12.5 Å². The molecule has 0 fully saturated rings. The standard InChI is InChI=1S/C8H12N2S/c1-7-3-2-4-8(5-7)6-10-11-9/h2-5,10H,6,9H2,1H3. The van der Waals surface area contributed by atoms with E-state index in [9.17, 15) is 0 Å². The summed E-state index contributed by atoms with van der Waals surface area (Å²) in [5.74, 6) is 0. The lowest BCUT2D eigenvalue weighted by Gasteiger charge is -2.00. The average molecular weight is 168 g/mol. The van der Waals surface area contributed by atoms with Crippen LogP contribution in [0.2, 0.25) is 0 Å². The van der Waals surface area contributed by atoms with E-state index in [4.69, 9.17) is 5.14 Å². The second-order valence-corrected chi connectivity index (χ2v) is 2.95. The van der Waals surface area contributed by atoms with Crippen molar-refractivity contribution in [2.24, 2.45) is 5.14 Å². The minimum Gasteiger partial charge on any atom is -0.264 e. The molecule has 0 aliphatic rings. The Morgan fingerprint density at radius 1 is 1.55 bits per heavy atom. The van der Waals surface area contributed by atoms with Gasteiger partial charge in [0.2, 0.25) is 0 Å². The molecule has 0 saturated heterocycles. The van der Waals surface area contributed by atoms with Crippen LogP contribution in [0, 0.1) is 6.92 Å². The van der Waals surface area contributed by atoms with E-state index in [0.29, 0.717) is 0 Å². The number of nitrogens with two attached hydrogens (primary N) is 1. The molecule has 0 aliphatic carbocycles. The van der Waals surface area contributed by atoms with Crippen LogP contribution in [0.4, 0.5) is 0 Å². The van der Waals surface area contributed by atoms with E-state index in [-0.39, 0.29) is 0 Å². The number of rotatable bonds is 3. The Balaban J connectivity index is 2.56. The first kappa shape index (κ1) is 8.59. The van der Waals surface area contributed by atoms with Crippen LogP contribution in [0.3, 0.4) is 0 Å². The zero-order valence-corrected chi connectivity index (χ0v) is 7.32. The van der Waals surface area contributed by atoms with Crippen LogP contribution >= 0.6 is 12.1 Å². The van der Waals surface area contributed by atoms with Crippen LogP contribution in [-0.2, 0) is 6.54 Å². The van der Waals surface area contributed by atoms with E-state index in [1.165, 1.54) is 11.1 Å². The molecule has 0 saturated carbocycles. The van der Waals surface area contributed by atoms with Gasteiger partial charge < -0.3 is 0 Å². The fraction of sp³-hybridized carbons (Fsp3) is 0.250. The number of hydrogen-bond acceptors (Lipinski definition) is 3. The van der Waals surface area contributed by atoms with Gasteiger partial charge in [0, 0.05) is 18.7 Å². The van der Waals surface area contributed by atoms with Crippen LogP contribution in [-0.4, -0.2) is 0 Å². The van der Waals surface area contributed by atoms with Gasteiger partial charge in [-0.3, -0.25) is 5.14 Å². The third-order valence-electron chi connectivity index (χ3n) is 1.44. The summed E-state index contributed by atoms with van der Waals surface area (Å²) in [4.78, 5) is 0. The molecule has 3 heteroatoms.